The SMILES string of the molecule is CC(C)(C)OOCCCc1ccccc1CCCOOC(C)(C)C. The molecular weight excluding hydrogens is 304 g/mol. The molecule has 0 fully saturated rings. The highest BCUT2D eigenvalue weighted by atomic mass is 17.2. The van der Waals surface area contributed by atoms with Gasteiger partial charge in [-0.1, -0.05) is 24.3 Å². The van der Waals surface area contributed by atoms with Gasteiger partial charge in [0, 0.05) is 0 Å². The van der Waals surface area contributed by atoms with E-state index in [0.717, 1.165) is 25.7 Å². The van der Waals surface area contributed by atoms with Crippen molar-refractivity contribution >= 4 is 0 Å². The standard InChI is InChI=1S/C20H34O4/c1-19(2,3)23-21-15-9-13-17-11-7-8-12-18(17)14-10-16-22-24-20(4,5)6/h7-8,11-12H,9-10,13-16H2,1-6H3. The second-order valence-corrected chi connectivity index (χ2v) is 8.01. The van der Waals surface area contributed by atoms with Crippen LogP contribution in [0.25, 0.3) is 0 Å². The van der Waals surface area contributed by atoms with E-state index < -0.39 is 0 Å². The molecule has 0 N–H and O–H groups in total. The predicted molar refractivity (Wildman–Crippen MR) is 96.7 cm³/mol. The summed E-state index contributed by atoms with van der Waals surface area (Å²) in [7, 11) is 0. The molecule has 1 aromatic rings. The van der Waals surface area contributed by atoms with Crippen molar-refractivity contribution in [2.45, 2.75) is 78.4 Å². The summed E-state index contributed by atoms with van der Waals surface area (Å²) in [6.45, 7) is 13.1. The van der Waals surface area contributed by atoms with Crippen molar-refractivity contribution in [3.63, 3.8) is 0 Å². The van der Waals surface area contributed by atoms with E-state index in [1.54, 1.807) is 0 Å². The summed E-state index contributed by atoms with van der Waals surface area (Å²) in [6, 6.07) is 8.55. The molecule has 1 rings (SSSR count). The van der Waals surface area contributed by atoms with E-state index in [2.05, 4.69) is 24.3 Å². The minimum atomic E-state index is -0.257. The van der Waals surface area contributed by atoms with Crippen molar-refractivity contribution in [3.8, 4) is 0 Å². The Bertz CT molecular complexity index is 414. The molecule has 0 saturated heterocycles. The highest BCUT2D eigenvalue weighted by Crippen LogP contribution is 2.15. The van der Waals surface area contributed by atoms with Crippen LogP contribution in [0, 0.1) is 0 Å². The second kappa shape index (κ2) is 10.1. The maximum absolute atomic E-state index is 5.29. The van der Waals surface area contributed by atoms with Crippen LogP contribution in [-0.4, -0.2) is 24.4 Å². The first kappa shape index (κ1) is 21.1. The first-order chi connectivity index (χ1) is 11.2. The van der Waals surface area contributed by atoms with Gasteiger partial charge in [-0.3, -0.25) is 0 Å². The highest BCUT2D eigenvalue weighted by molar-refractivity contribution is 5.27. The van der Waals surface area contributed by atoms with Crippen LogP contribution in [-0.2, 0) is 32.4 Å². The van der Waals surface area contributed by atoms with Gasteiger partial charge in [0.05, 0.1) is 24.4 Å². The van der Waals surface area contributed by atoms with E-state index in [1.807, 2.05) is 41.5 Å². The molecule has 0 bridgehead atoms. The number of benzene rings is 1. The van der Waals surface area contributed by atoms with Crippen LogP contribution >= 0.6 is 0 Å². The molecule has 0 aromatic heterocycles. The molecule has 0 atom stereocenters. The molecule has 0 aliphatic rings. The van der Waals surface area contributed by atoms with Crippen LogP contribution in [0.4, 0.5) is 0 Å². The fourth-order valence-corrected chi connectivity index (χ4v) is 2.13. The Hall–Kier alpha value is -0.940. The first-order valence-corrected chi connectivity index (χ1v) is 8.85. The third-order valence-electron chi connectivity index (χ3n) is 3.08. The van der Waals surface area contributed by atoms with Crippen LogP contribution in [0.1, 0.15) is 65.5 Å². The first-order valence-electron chi connectivity index (χ1n) is 8.85. The van der Waals surface area contributed by atoms with Gasteiger partial charge in [0.1, 0.15) is 0 Å². The number of aryl methyl sites for hydroxylation is 2. The smallest absolute Gasteiger partial charge is 0.0952 e. The lowest BCUT2D eigenvalue weighted by Gasteiger charge is -2.18. The van der Waals surface area contributed by atoms with E-state index in [-0.39, 0.29) is 11.2 Å². The maximum Gasteiger partial charge on any atom is 0.0952 e. The van der Waals surface area contributed by atoms with E-state index in [0.29, 0.717) is 13.2 Å². The van der Waals surface area contributed by atoms with Crippen LogP contribution in [0.3, 0.4) is 0 Å². The normalized spacial score (nSPS) is 12.6. The summed E-state index contributed by atoms with van der Waals surface area (Å²) < 4.78 is 0. The topological polar surface area (TPSA) is 36.9 Å². The van der Waals surface area contributed by atoms with Gasteiger partial charge in [-0.25, -0.2) is 19.6 Å². The molecule has 0 saturated carbocycles. The molecule has 0 amide bonds. The molecule has 4 nitrogen and oxygen atoms in total. The van der Waals surface area contributed by atoms with Crippen molar-refractivity contribution in [2.75, 3.05) is 13.2 Å². The van der Waals surface area contributed by atoms with Crippen molar-refractivity contribution < 1.29 is 19.6 Å². The van der Waals surface area contributed by atoms with Gasteiger partial charge in [0.25, 0.3) is 0 Å². The van der Waals surface area contributed by atoms with Crippen LogP contribution in [0.5, 0.6) is 0 Å². The summed E-state index contributed by atoms with van der Waals surface area (Å²) in [4.78, 5) is 21.1. The van der Waals surface area contributed by atoms with Gasteiger partial charge < -0.3 is 0 Å². The molecule has 0 aliphatic carbocycles. The van der Waals surface area contributed by atoms with E-state index in [9.17, 15) is 0 Å². The second-order valence-electron chi connectivity index (χ2n) is 8.01. The fourth-order valence-electron chi connectivity index (χ4n) is 2.13. The molecule has 0 spiro atoms. The third-order valence-corrected chi connectivity index (χ3v) is 3.08. The van der Waals surface area contributed by atoms with Crippen molar-refractivity contribution in [2.24, 2.45) is 0 Å². The fraction of sp³-hybridized carbons (Fsp3) is 0.700. The van der Waals surface area contributed by atoms with Gasteiger partial charge >= 0.3 is 0 Å². The Morgan fingerprint density at radius 3 is 1.38 bits per heavy atom. The average Bonchev–Trinajstić information content (AvgIpc) is 2.45. The van der Waals surface area contributed by atoms with Crippen molar-refractivity contribution in [3.05, 3.63) is 35.4 Å². The molecule has 1 aromatic carbocycles. The van der Waals surface area contributed by atoms with Gasteiger partial charge in [-0.15, -0.1) is 0 Å². The minimum Gasteiger partial charge on any atom is -0.236 e. The molecule has 0 aliphatic heterocycles. The van der Waals surface area contributed by atoms with Crippen LogP contribution in [0.2, 0.25) is 0 Å². The van der Waals surface area contributed by atoms with Crippen LogP contribution < -0.4 is 0 Å². The predicted octanol–water partition coefficient (Wildman–Crippen LogP) is 5.05. The molecule has 0 heterocycles. The van der Waals surface area contributed by atoms with Crippen molar-refractivity contribution in [1.29, 1.82) is 0 Å². The lowest BCUT2D eigenvalue weighted by atomic mass is 9.99. The summed E-state index contributed by atoms with van der Waals surface area (Å²) in [5, 5.41) is 0. The molecule has 0 radical (unpaired) electrons. The Labute approximate surface area is 147 Å². The Kier molecular flexibility index (Phi) is 8.92. The number of hydrogen-bond acceptors (Lipinski definition) is 4. The summed E-state index contributed by atoms with van der Waals surface area (Å²) in [5.74, 6) is 0. The minimum absolute atomic E-state index is 0.257. The largest absolute Gasteiger partial charge is 0.236 e. The van der Waals surface area contributed by atoms with E-state index in [4.69, 9.17) is 19.6 Å². The molecular formula is C20H34O4. The van der Waals surface area contributed by atoms with Gasteiger partial charge in [-0.2, -0.15) is 0 Å². The Morgan fingerprint density at radius 1 is 0.667 bits per heavy atom. The summed E-state index contributed by atoms with van der Waals surface area (Å²) in [5.41, 5.74) is 2.22. The quantitative estimate of drug-likeness (QED) is 0.340. The maximum atomic E-state index is 5.29. The summed E-state index contributed by atoms with van der Waals surface area (Å²) >= 11 is 0. The van der Waals surface area contributed by atoms with Gasteiger partial charge in [0.15, 0.2) is 0 Å². The van der Waals surface area contributed by atoms with Gasteiger partial charge in [-0.05, 0) is 78.4 Å². The van der Waals surface area contributed by atoms with Crippen molar-refractivity contribution in [1.82, 2.24) is 0 Å². The van der Waals surface area contributed by atoms with E-state index >= 15 is 0 Å². The average molecular weight is 338 g/mol. The van der Waals surface area contributed by atoms with Crippen LogP contribution in [0.15, 0.2) is 24.3 Å². The van der Waals surface area contributed by atoms with Gasteiger partial charge in [0.2, 0.25) is 0 Å². The number of rotatable bonds is 10. The number of hydrogen-bond donors (Lipinski definition) is 0. The monoisotopic (exact) mass is 338 g/mol. The lowest BCUT2D eigenvalue weighted by molar-refractivity contribution is -0.348. The molecule has 24 heavy (non-hydrogen) atoms. The zero-order valence-corrected chi connectivity index (χ0v) is 16.2. The molecule has 138 valence electrons. The lowest BCUT2D eigenvalue weighted by Crippen LogP contribution is -2.20. The summed E-state index contributed by atoms with van der Waals surface area (Å²) in [6.07, 6.45) is 3.86. The Balaban J connectivity index is 2.29. The molecule has 4 heteroatoms. The third kappa shape index (κ3) is 10.8. The zero-order chi connectivity index (χ0) is 18.1. The Morgan fingerprint density at radius 2 is 1.04 bits per heavy atom. The van der Waals surface area contributed by atoms with E-state index in [1.165, 1.54) is 11.1 Å². The molecule has 0 unspecified atom stereocenters. The zero-order valence-electron chi connectivity index (χ0n) is 16.2. The highest BCUT2D eigenvalue weighted by Gasteiger charge is 2.12.